The highest BCUT2D eigenvalue weighted by atomic mass is 31.1. The first kappa shape index (κ1) is 34.0. The summed E-state index contributed by atoms with van der Waals surface area (Å²) in [6.07, 6.45) is 0. The van der Waals surface area contributed by atoms with Gasteiger partial charge in [0.15, 0.2) is 0 Å². The Morgan fingerprint density at radius 1 is 0.476 bits per heavy atom. The highest BCUT2D eigenvalue weighted by molar-refractivity contribution is 7.69. The van der Waals surface area contributed by atoms with Gasteiger partial charge in [0.05, 0.1) is 11.1 Å². The molecule has 0 fully saturated rings. The van der Waals surface area contributed by atoms with Crippen LogP contribution >= 0.6 is 15.8 Å². The van der Waals surface area contributed by atoms with Gasteiger partial charge < -0.3 is 10.2 Å². The molecule has 0 bridgehead atoms. The second-order valence-electron chi connectivity index (χ2n) is 15.0. The number of benzene rings is 3. The molecule has 0 saturated carbocycles. The van der Waals surface area contributed by atoms with E-state index in [1.807, 2.05) is 24.3 Å². The van der Waals surface area contributed by atoms with Gasteiger partial charge in [-0.2, -0.15) is 0 Å². The Hall–Kier alpha value is -2.54. The first-order valence-corrected chi connectivity index (χ1v) is 17.2. The van der Waals surface area contributed by atoms with Crippen LogP contribution in [0.25, 0.3) is 22.3 Å². The molecular formula is C36H48O4P2. The minimum atomic E-state index is -0.932. The maximum absolute atomic E-state index is 11.7. The van der Waals surface area contributed by atoms with Crippen LogP contribution in [0.15, 0.2) is 60.7 Å². The van der Waals surface area contributed by atoms with E-state index in [1.54, 1.807) is 24.3 Å². The molecule has 0 spiro atoms. The van der Waals surface area contributed by atoms with E-state index in [9.17, 15) is 19.8 Å². The number of carboxylic acid groups (broad SMARTS) is 2. The molecule has 0 unspecified atom stereocenters. The van der Waals surface area contributed by atoms with Crippen LogP contribution in [0.3, 0.4) is 0 Å². The van der Waals surface area contributed by atoms with Crippen LogP contribution in [0.2, 0.25) is 0 Å². The summed E-state index contributed by atoms with van der Waals surface area (Å²) in [7, 11) is -1.43. The van der Waals surface area contributed by atoms with Gasteiger partial charge in [-0.25, -0.2) is 9.59 Å². The third-order valence-electron chi connectivity index (χ3n) is 7.16. The molecule has 0 saturated heterocycles. The Balaban J connectivity index is 2.57. The number of aromatic carboxylic acids is 2. The maximum atomic E-state index is 11.7. The summed E-state index contributed by atoms with van der Waals surface area (Å²) in [4.78, 5) is 23.4. The molecule has 6 heteroatoms. The van der Waals surface area contributed by atoms with E-state index < -0.39 is 27.8 Å². The van der Waals surface area contributed by atoms with Crippen molar-refractivity contribution in [2.24, 2.45) is 0 Å². The number of carbonyl (C=O) groups is 2. The van der Waals surface area contributed by atoms with Crippen molar-refractivity contribution in [3.8, 4) is 22.3 Å². The van der Waals surface area contributed by atoms with E-state index in [0.29, 0.717) is 0 Å². The van der Waals surface area contributed by atoms with E-state index in [-0.39, 0.29) is 31.8 Å². The van der Waals surface area contributed by atoms with Crippen molar-refractivity contribution in [1.29, 1.82) is 0 Å². The van der Waals surface area contributed by atoms with E-state index in [1.165, 1.54) is 10.6 Å². The van der Waals surface area contributed by atoms with Gasteiger partial charge in [-0.05, 0) is 89.9 Å². The predicted molar refractivity (Wildman–Crippen MR) is 183 cm³/mol. The van der Waals surface area contributed by atoms with Gasteiger partial charge in [-0.1, -0.05) is 123 Å². The second-order valence-corrected chi connectivity index (χ2v) is 22.7. The van der Waals surface area contributed by atoms with Crippen LogP contribution in [-0.2, 0) is 0 Å². The molecule has 0 amide bonds. The molecule has 4 nitrogen and oxygen atoms in total. The van der Waals surface area contributed by atoms with Crippen molar-refractivity contribution in [1.82, 2.24) is 0 Å². The Morgan fingerprint density at radius 2 is 0.714 bits per heavy atom. The molecular weight excluding hydrogens is 558 g/mol. The van der Waals surface area contributed by atoms with Crippen LogP contribution in [0.5, 0.6) is 0 Å². The molecule has 3 rings (SSSR count). The summed E-state index contributed by atoms with van der Waals surface area (Å²) in [5.41, 5.74) is 4.90. The largest absolute Gasteiger partial charge is 0.478 e. The smallest absolute Gasteiger partial charge is 0.335 e. The normalized spacial score (nSPS) is 13.1. The molecule has 0 radical (unpaired) electrons. The first-order chi connectivity index (χ1) is 19.0. The summed E-state index contributed by atoms with van der Waals surface area (Å²) in [5, 5.41) is 21.7. The molecule has 3 aromatic rings. The zero-order valence-corrected chi connectivity index (χ0v) is 29.2. The van der Waals surface area contributed by atoms with Gasteiger partial charge in [0.2, 0.25) is 0 Å². The highest BCUT2D eigenvalue weighted by Crippen LogP contribution is 2.62. The van der Waals surface area contributed by atoms with Crippen molar-refractivity contribution in [3.05, 3.63) is 71.8 Å². The number of rotatable bonds is 6. The summed E-state index contributed by atoms with van der Waals surface area (Å²) in [6.45, 7) is 27.8. The molecule has 0 aliphatic rings. The van der Waals surface area contributed by atoms with Crippen LogP contribution in [0.1, 0.15) is 104 Å². The number of hydrogen-bond acceptors (Lipinski definition) is 2. The Bertz CT molecular complexity index is 1300. The Morgan fingerprint density at radius 3 is 0.905 bits per heavy atom. The average Bonchev–Trinajstić information content (AvgIpc) is 2.81. The van der Waals surface area contributed by atoms with Crippen molar-refractivity contribution < 1.29 is 19.8 Å². The molecule has 0 atom stereocenters. The summed E-state index contributed by atoms with van der Waals surface area (Å²) < 4.78 is 0. The monoisotopic (exact) mass is 606 g/mol. The van der Waals surface area contributed by atoms with Crippen molar-refractivity contribution in [3.63, 3.8) is 0 Å². The van der Waals surface area contributed by atoms with E-state index in [4.69, 9.17) is 0 Å². The SMILES string of the molecule is CC(C)(C)P(c1cc(-c2ccc(C(=O)O)cc2)c(P(C(C)(C)C)C(C)(C)C)cc1-c1ccc(C(=O)O)cc1)C(C)(C)C. The lowest BCUT2D eigenvalue weighted by molar-refractivity contribution is 0.0686. The highest BCUT2D eigenvalue weighted by Gasteiger charge is 2.41. The minimum Gasteiger partial charge on any atom is -0.478 e. The fourth-order valence-corrected chi connectivity index (χ4v) is 14.8. The minimum absolute atomic E-state index is 0.00587. The number of hydrogen-bond donors (Lipinski definition) is 2. The topological polar surface area (TPSA) is 74.6 Å². The molecule has 0 aliphatic carbocycles. The zero-order valence-electron chi connectivity index (χ0n) is 27.4. The summed E-state index contributed by atoms with van der Waals surface area (Å²) in [5.74, 6) is -1.86. The Kier molecular flexibility index (Phi) is 9.59. The Labute approximate surface area is 255 Å². The molecule has 2 N–H and O–H groups in total. The molecule has 42 heavy (non-hydrogen) atoms. The summed E-state index contributed by atoms with van der Waals surface area (Å²) >= 11 is 0. The molecule has 3 aromatic carbocycles. The average molecular weight is 607 g/mol. The van der Waals surface area contributed by atoms with Crippen LogP contribution < -0.4 is 10.6 Å². The van der Waals surface area contributed by atoms with Crippen molar-refractivity contribution in [2.75, 3.05) is 0 Å². The lowest BCUT2D eigenvalue weighted by atomic mass is 9.98. The van der Waals surface area contributed by atoms with Crippen LogP contribution in [0, 0.1) is 0 Å². The van der Waals surface area contributed by atoms with Gasteiger partial charge in [0.25, 0.3) is 0 Å². The standard InChI is InChI=1S/C36H48O4P2/c1-33(2,3)41(34(4,5)6)29-21-28(24-15-19-26(20-16-24)32(39)40)30(42(35(7,8)9)36(10,11)12)22-27(29)23-13-17-25(18-14-23)31(37)38/h13-22H,1-12H3,(H,37,38)(H,39,40). The van der Waals surface area contributed by atoms with Crippen LogP contribution in [0.4, 0.5) is 0 Å². The molecule has 0 aliphatic heterocycles. The third kappa shape index (κ3) is 7.50. The van der Waals surface area contributed by atoms with Gasteiger partial charge in [-0.3, -0.25) is 0 Å². The van der Waals surface area contributed by atoms with Gasteiger partial charge >= 0.3 is 11.9 Å². The second kappa shape index (κ2) is 11.9. The lowest BCUT2D eigenvalue weighted by Gasteiger charge is -2.45. The van der Waals surface area contributed by atoms with Gasteiger partial charge in [-0.15, -0.1) is 0 Å². The van der Waals surface area contributed by atoms with E-state index in [0.717, 1.165) is 22.3 Å². The van der Waals surface area contributed by atoms with Crippen molar-refractivity contribution in [2.45, 2.75) is 104 Å². The van der Waals surface area contributed by atoms with Gasteiger partial charge in [0, 0.05) is 0 Å². The lowest BCUT2D eigenvalue weighted by Crippen LogP contribution is -2.35. The number of carboxylic acids is 2. The quantitative estimate of drug-likeness (QED) is 0.274. The van der Waals surface area contributed by atoms with Crippen molar-refractivity contribution >= 4 is 38.4 Å². The fraction of sp³-hybridized carbons (Fsp3) is 0.444. The van der Waals surface area contributed by atoms with Gasteiger partial charge in [0.1, 0.15) is 0 Å². The van der Waals surface area contributed by atoms with E-state index >= 15 is 0 Å². The van der Waals surface area contributed by atoms with Crippen LogP contribution in [-0.4, -0.2) is 42.8 Å². The molecule has 226 valence electrons. The third-order valence-corrected chi connectivity index (χ3v) is 14.2. The first-order valence-electron chi connectivity index (χ1n) is 14.5. The zero-order chi connectivity index (χ0) is 32.0. The molecule has 0 heterocycles. The molecule has 0 aromatic heterocycles. The summed E-state index contributed by atoms with van der Waals surface area (Å²) in [6, 6.07) is 19.4. The fourth-order valence-electron chi connectivity index (χ4n) is 6.45. The van der Waals surface area contributed by atoms with E-state index in [2.05, 4.69) is 95.2 Å². The predicted octanol–water partition coefficient (Wildman–Crippen LogP) is 9.83. The maximum Gasteiger partial charge on any atom is 0.335 e.